The number of amides is 1. The lowest BCUT2D eigenvalue weighted by Gasteiger charge is -2.29. The number of carbonyl (C=O) groups excluding carboxylic acids is 1. The molecular formula is C23H22ClN3O3S2. The summed E-state index contributed by atoms with van der Waals surface area (Å²) >= 11 is 7.39. The van der Waals surface area contributed by atoms with Crippen LogP contribution in [0, 0.1) is 5.92 Å². The Labute approximate surface area is 196 Å². The Morgan fingerprint density at radius 1 is 1.09 bits per heavy atom. The van der Waals surface area contributed by atoms with Crippen molar-refractivity contribution in [2.75, 3.05) is 16.2 Å². The third kappa shape index (κ3) is 4.02. The molecule has 2 atom stereocenters. The highest BCUT2D eigenvalue weighted by Crippen LogP contribution is 2.43. The first-order valence-corrected chi connectivity index (χ1v) is 13.3. The van der Waals surface area contributed by atoms with Gasteiger partial charge in [0.1, 0.15) is 0 Å². The summed E-state index contributed by atoms with van der Waals surface area (Å²) in [5, 5.41) is 2.76. The van der Waals surface area contributed by atoms with Gasteiger partial charge in [-0.25, -0.2) is 13.4 Å². The number of benzene rings is 2. The third-order valence-electron chi connectivity index (χ3n) is 6.31. The van der Waals surface area contributed by atoms with Gasteiger partial charge in [0.25, 0.3) is 10.0 Å². The van der Waals surface area contributed by atoms with E-state index in [0.717, 1.165) is 36.4 Å². The molecule has 0 saturated carbocycles. The number of fused-ring (bicyclic) bond motifs is 1. The fourth-order valence-corrected chi connectivity index (χ4v) is 6.81. The van der Waals surface area contributed by atoms with Crippen molar-refractivity contribution >= 4 is 49.7 Å². The normalized spacial score (nSPS) is 20.9. The minimum atomic E-state index is -3.72. The number of hydrogen-bond acceptors (Lipinski definition) is 5. The van der Waals surface area contributed by atoms with Gasteiger partial charge in [-0.15, -0.1) is 11.3 Å². The number of aromatic nitrogens is 1. The van der Waals surface area contributed by atoms with Gasteiger partial charge in [-0.3, -0.25) is 9.52 Å². The van der Waals surface area contributed by atoms with E-state index in [9.17, 15) is 13.2 Å². The average Bonchev–Trinajstić information content (AvgIpc) is 3.42. The number of nitrogens with zero attached hydrogens (tertiary/aromatic N) is 2. The molecular weight excluding hydrogens is 466 g/mol. The quantitative estimate of drug-likeness (QED) is 0.544. The smallest absolute Gasteiger partial charge is 0.263 e. The third-order valence-corrected chi connectivity index (χ3v) is 8.72. The summed E-state index contributed by atoms with van der Waals surface area (Å²) in [6.07, 6.45) is 5.39. The number of rotatable bonds is 5. The summed E-state index contributed by atoms with van der Waals surface area (Å²) in [4.78, 5) is 19.2. The van der Waals surface area contributed by atoms with Gasteiger partial charge in [-0.2, -0.15) is 0 Å². The SMILES string of the molecule is O=C1[C@@H](C2CCCc3cc(Cl)ccc32)CCN1c1ccc(S(=O)(=O)Nc2nccs2)cc1. The maximum atomic E-state index is 13.3. The van der Waals surface area contributed by atoms with Crippen LogP contribution in [0.1, 0.15) is 36.3 Å². The van der Waals surface area contributed by atoms with Gasteiger partial charge in [0.2, 0.25) is 5.91 Å². The lowest BCUT2D eigenvalue weighted by molar-refractivity contribution is -0.121. The fraction of sp³-hybridized carbons (Fsp3) is 0.304. The van der Waals surface area contributed by atoms with Crippen molar-refractivity contribution in [3.05, 3.63) is 70.2 Å². The standard InChI is InChI=1S/C23H22ClN3O3S2/c24-16-4-9-19-15(14-16)2-1-3-20(19)21-10-12-27(22(21)28)17-5-7-18(8-6-17)32(29,30)26-23-25-11-13-31-23/h4-9,11,13-14,20-21H,1-3,10,12H2,(H,25,26)/t20?,21-/m1/s1. The number of nitrogens with one attached hydrogen (secondary N) is 1. The minimum Gasteiger partial charge on any atom is -0.312 e. The molecule has 5 rings (SSSR count). The topological polar surface area (TPSA) is 79.4 Å². The number of hydrogen-bond donors (Lipinski definition) is 1. The molecule has 1 aliphatic heterocycles. The van der Waals surface area contributed by atoms with Crippen LogP contribution >= 0.6 is 22.9 Å². The molecule has 6 nitrogen and oxygen atoms in total. The number of halogens is 1. The zero-order valence-electron chi connectivity index (χ0n) is 17.2. The predicted molar refractivity (Wildman–Crippen MR) is 127 cm³/mol. The van der Waals surface area contributed by atoms with Gasteiger partial charge in [-0.05, 0) is 79.1 Å². The molecule has 3 aromatic rings. The first kappa shape index (κ1) is 21.4. The van der Waals surface area contributed by atoms with Crippen LogP contribution in [-0.4, -0.2) is 25.9 Å². The zero-order valence-corrected chi connectivity index (χ0v) is 19.6. The molecule has 1 aliphatic carbocycles. The van der Waals surface area contributed by atoms with Crippen LogP contribution in [0.3, 0.4) is 0 Å². The van der Waals surface area contributed by atoms with Gasteiger partial charge in [0, 0.05) is 34.7 Å². The van der Waals surface area contributed by atoms with Crippen LogP contribution in [0.5, 0.6) is 0 Å². The summed E-state index contributed by atoms with van der Waals surface area (Å²) < 4.78 is 27.6. The van der Waals surface area contributed by atoms with E-state index >= 15 is 0 Å². The highest BCUT2D eigenvalue weighted by Gasteiger charge is 2.40. The molecule has 1 N–H and O–H groups in total. The fourth-order valence-electron chi connectivity index (χ4n) is 4.82. The van der Waals surface area contributed by atoms with E-state index in [1.165, 1.54) is 34.6 Å². The highest BCUT2D eigenvalue weighted by molar-refractivity contribution is 7.93. The van der Waals surface area contributed by atoms with Crippen molar-refractivity contribution in [1.82, 2.24) is 4.98 Å². The molecule has 1 fully saturated rings. The largest absolute Gasteiger partial charge is 0.312 e. The average molecular weight is 488 g/mol. The molecule has 0 bridgehead atoms. The van der Waals surface area contributed by atoms with Crippen LogP contribution in [0.4, 0.5) is 10.8 Å². The minimum absolute atomic E-state index is 0.0646. The summed E-state index contributed by atoms with van der Waals surface area (Å²) in [6, 6.07) is 12.5. The van der Waals surface area contributed by atoms with Gasteiger partial charge < -0.3 is 4.90 Å². The molecule has 32 heavy (non-hydrogen) atoms. The second kappa shape index (κ2) is 8.50. The second-order valence-corrected chi connectivity index (χ2v) is 11.2. The van der Waals surface area contributed by atoms with Crippen molar-refractivity contribution < 1.29 is 13.2 Å². The second-order valence-electron chi connectivity index (χ2n) is 8.16. The Morgan fingerprint density at radius 2 is 1.91 bits per heavy atom. The first-order valence-electron chi connectivity index (χ1n) is 10.5. The molecule has 2 heterocycles. The van der Waals surface area contributed by atoms with E-state index in [1.54, 1.807) is 28.6 Å². The maximum absolute atomic E-state index is 13.3. The van der Waals surface area contributed by atoms with Crippen LogP contribution in [0.25, 0.3) is 0 Å². The van der Waals surface area contributed by atoms with E-state index in [0.29, 0.717) is 11.7 Å². The van der Waals surface area contributed by atoms with Gasteiger partial charge in [-0.1, -0.05) is 17.7 Å². The molecule has 2 aromatic carbocycles. The lowest BCUT2D eigenvalue weighted by Crippen LogP contribution is -2.30. The summed E-state index contributed by atoms with van der Waals surface area (Å²) in [5.41, 5.74) is 3.22. The molecule has 1 unspecified atom stereocenters. The molecule has 1 aromatic heterocycles. The monoisotopic (exact) mass is 487 g/mol. The Kier molecular flexibility index (Phi) is 5.69. The predicted octanol–water partition coefficient (Wildman–Crippen LogP) is 5.07. The number of aryl methyl sites for hydroxylation is 1. The van der Waals surface area contributed by atoms with Gasteiger partial charge in [0.15, 0.2) is 5.13 Å². The molecule has 9 heteroatoms. The molecule has 0 spiro atoms. The Bertz CT molecular complexity index is 1240. The van der Waals surface area contributed by atoms with Crippen molar-refractivity contribution in [3.8, 4) is 0 Å². The van der Waals surface area contributed by atoms with E-state index < -0.39 is 10.0 Å². The van der Waals surface area contributed by atoms with Crippen LogP contribution in [0.15, 0.2) is 58.9 Å². The molecule has 166 valence electrons. The molecule has 1 saturated heterocycles. The Hall–Kier alpha value is -2.42. The van der Waals surface area contributed by atoms with Crippen molar-refractivity contribution in [2.24, 2.45) is 5.92 Å². The summed E-state index contributed by atoms with van der Waals surface area (Å²) in [6.45, 7) is 0.631. The Morgan fingerprint density at radius 3 is 2.66 bits per heavy atom. The van der Waals surface area contributed by atoms with Crippen LogP contribution < -0.4 is 9.62 Å². The van der Waals surface area contributed by atoms with Crippen molar-refractivity contribution in [1.29, 1.82) is 0 Å². The summed E-state index contributed by atoms with van der Waals surface area (Å²) in [7, 11) is -3.72. The maximum Gasteiger partial charge on any atom is 0.263 e. The lowest BCUT2D eigenvalue weighted by atomic mass is 9.75. The first-order chi connectivity index (χ1) is 15.4. The van der Waals surface area contributed by atoms with Crippen LogP contribution in [-0.2, 0) is 21.2 Å². The van der Waals surface area contributed by atoms with E-state index in [1.807, 2.05) is 12.1 Å². The molecule has 0 radical (unpaired) electrons. The number of thiazole rings is 1. The zero-order chi connectivity index (χ0) is 22.3. The number of sulfonamides is 1. The van der Waals surface area contributed by atoms with E-state index in [2.05, 4.69) is 15.8 Å². The van der Waals surface area contributed by atoms with E-state index in [-0.39, 0.29) is 22.6 Å². The van der Waals surface area contributed by atoms with Gasteiger partial charge in [0.05, 0.1) is 4.90 Å². The van der Waals surface area contributed by atoms with Crippen molar-refractivity contribution in [3.63, 3.8) is 0 Å². The van der Waals surface area contributed by atoms with Gasteiger partial charge >= 0.3 is 0 Å². The number of anilines is 2. The molecule has 2 aliphatic rings. The Balaban J connectivity index is 1.34. The van der Waals surface area contributed by atoms with E-state index in [4.69, 9.17) is 11.6 Å². The highest BCUT2D eigenvalue weighted by atomic mass is 35.5. The van der Waals surface area contributed by atoms with Crippen molar-refractivity contribution in [2.45, 2.75) is 36.5 Å². The molecule has 1 amide bonds. The number of carbonyl (C=O) groups is 1. The van der Waals surface area contributed by atoms with Crippen LogP contribution in [0.2, 0.25) is 5.02 Å². The summed E-state index contributed by atoms with van der Waals surface area (Å²) in [5.74, 6) is 0.246.